The molecule has 0 saturated carbocycles. The van der Waals surface area contributed by atoms with E-state index in [0.717, 1.165) is 0 Å². The van der Waals surface area contributed by atoms with Gasteiger partial charge >= 0.3 is 12.6 Å². The third-order valence-corrected chi connectivity index (χ3v) is 5.44. The van der Waals surface area contributed by atoms with Crippen LogP contribution in [-0.4, -0.2) is 47.7 Å². The summed E-state index contributed by atoms with van der Waals surface area (Å²) in [7, 11) is 1.50. The van der Waals surface area contributed by atoms with E-state index in [4.69, 9.17) is 9.84 Å². The molecule has 1 unspecified atom stereocenters. The zero-order chi connectivity index (χ0) is 25.0. The van der Waals surface area contributed by atoms with Gasteiger partial charge in [0.25, 0.3) is 5.91 Å². The van der Waals surface area contributed by atoms with Crippen molar-refractivity contribution in [3.63, 3.8) is 0 Å². The van der Waals surface area contributed by atoms with Crippen molar-refractivity contribution in [2.24, 2.45) is 5.92 Å². The van der Waals surface area contributed by atoms with Gasteiger partial charge in [0.15, 0.2) is 0 Å². The van der Waals surface area contributed by atoms with Crippen molar-refractivity contribution in [2.45, 2.75) is 26.9 Å². The smallest absolute Gasteiger partial charge is 0.387 e. The fraction of sp³-hybridized carbons (Fsp3) is 0.292. The summed E-state index contributed by atoms with van der Waals surface area (Å²) in [5.41, 5.74) is 1.88. The number of nitrogens with one attached hydrogen (secondary N) is 1. The summed E-state index contributed by atoms with van der Waals surface area (Å²) in [5.74, 6) is -2.11. The maximum atomic E-state index is 13.3. The number of amides is 1. The monoisotopic (exact) mass is 474 g/mol. The van der Waals surface area contributed by atoms with Crippen LogP contribution in [0.15, 0.2) is 42.5 Å². The summed E-state index contributed by atoms with van der Waals surface area (Å²) in [6.07, 6.45) is -0.0801. The summed E-state index contributed by atoms with van der Waals surface area (Å²) in [5, 5.41) is 12.2. The molecule has 0 aliphatic heterocycles. The van der Waals surface area contributed by atoms with Crippen molar-refractivity contribution in [3.05, 3.63) is 59.3 Å². The molecule has 0 aliphatic rings. The van der Waals surface area contributed by atoms with E-state index in [1.807, 2.05) is 0 Å². The number of methoxy groups -OCH3 is 1. The Labute approximate surface area is 194 Å². The summed E-state index contributed by atoms with van der Waals surface area (Å²) >= 11 is 0. The number of aliphatic carboxylic acids is 1. The molecule has 8 nitrogen and oxygen atoms in total. The van der Waals surface area contributed by atoms with Crippen LogP contribution in [0, 0.1) is 12.8 Å². The number of rotatable bonds is 9. The maximum absolute atomic E-state index is 13.3. The second-order valence-electron chi connectivity index (χ2n) is 7.71. The normalized spacial score (nSPS) is 11.9. The van der Waals surface area contributed by atoms with E-state index in [1.165, 1.54) is 42.9 Å². The lowest BCUT2D eigenvalue weighted by molar-refractivity contribution is -0.141. The molecule has 2 aromatic carbocycles. The van der Waals surface area contributed by atoms with Crippen molar-refractivity contribution >= 4 is 28.7 Å². The summed E-state index contributed by atoms with van der Waals surface area (Å²) in [6, 6.07) is 10.4. The van der Waals surface area contributed by atoms with Gasteiger partial charge in [0.1, 0.15) is 11.5 Å². The Morgan fingerprint density at radius 3 is 2.32 bits per heavy atom. The fourth-order valence-electron chi connectivity index (χ4n) is 3.56. The Morgan fingerprint density at radius 2 is 1.74 bits per heavy atom. The molecule has 2 N–H and O–H groups in total. The number of carboxylic acids is 1. The Kier molecular flexibility index (Phi) is 7.50. The van der Waals surface area contributed by atoms with Gasteiger partial charge in [-0.05, 0) is 55.0 Å². The van der Waals surface area contributed by atoms with E-state index in [-0.39, 0.29) is 30.2 Å². The minimum Gasteiger partial charge on any atom is -0.497 e. The number of nitrogens with zero attached hydrogens (tertiary/aromatic N) is 1. The quantitative estimate of drug-likeness (QED) is 0.491. The molecule has 34 heavy (non-hydrogen) atoms. The third kappa shape index (κ3) is 5.33. The van der Waals surface area contributed by atoms with Gasteiger partial charge in [0.05, 0.1) is 25.0 Å². The lowest BCUT2D eigenvalue weighted by atomic mass is 10.1. The number of alkyl halides is 2. The maximum Gasteiger partial charge on any atom is 0.387 e. The van der Waals surface area contributed by atoms with Gasteiger partial charge in [-0.2, -0.15) is 8.78 Å². The number of carbonyl (C=O) groups is 3. The molecule has 0 saturated heterocycles. The SMILES string of the molecule is COc1ccc2c(c1)c(CC(=O)NCC(C)C(=O)O)c(C)n2C(=O)c1ccc(OC(F)F)cc1. The Hall–Kier alpha value is -3.95. The molecule has 180 valence electrons. The van der Waals surface area contributed by atoms with Crippen LogP contribution in [0.4, 0.5) is 8.78 Å². The third-order valence-electron chi connectivity index (χ3n) is 5.44. The topological polar surface area (TPSA) is 107 Å². The van der Waals surface area contributed by atoms with Gasteiger partial charge < -0.3 is 19.9 Å². The standard InChI is InChI=1S/C24H24F2N2O6/c1-13(23(31)32)12-27-21(29)11-18-14(2)28(20-9-8-17(33-3)10-19(18)20)22(30)15-4-6-16(7-5-15)34-24(25)26/h4-10,13,24H,11-12H2,1-3H3,(H,27,29)(H,31,32). The van der Waals surface area contributed by atoms with E-state index in [0.29, 0.717) is 27.9 Å². The van der Waals surface area contributed by atoms with E-state index >= 15 is 0 Å². The molecular weight excluding hydrogens is 450 g/mol. The second-order valence-corrected chi connectivity index (χ2v) is 7.71. The predicted molar refractivity (Wildman–Crippen MR) is 120 cm³/mol. The van der Waals surface area contributed by atoms with Crippen LogP contribution < -0.4 is 14.8 Å². The van der Waals surface area contributed by atoms with Crippen LogP contribution in [0.25, 0.3) is 10.9 Å². The van der Waals surface area contributed by atoms with Crippen molar-refractivity contribution < 1.29 is 37.7 Å². The van der Waals surface area contributed by atoms with Crippen molar-refractivity contribution in [2.75, 3.05) is 13.7 Å². The van der Waals surface area contributed by atoms with Crippen LogP contribution in [0.1, 0.15) is 28.5 Å². The molecule has 10 heteroatoms. The number of carbonyl (C=O) groups excluding carboxylic acids is 2. The van der Waals surface area contributed by atoms with Gasteiger partial charge in [-0.3, -0.25) is 19.0 Å². The number of carboxylic acid groups (broad SMARTS) is 1. The molecule has 0 spiro atoms. The molecular formula is C24H24F2N2O6. The number of hydrogen-bond acceptors (Lipinski definition) is 5. The average Bonchev–Trinajstić information content (AvgIpc) is 3.07. The first-order valence-electron chi connectivity index (χ1n) is 10.4. The van der Waals surface area contributed by atoms with Crippen LogP contribution in [0.2, 0.25) is 0 Å². The largest absolute Gasteiger partial charge is 0.497 e. The van der Waals surface area contributed by atoms with Gasteiger partial charge in [0.2, 0.25) is 5.91 Å². The van der Waals surface area contributed by atoms with Crippen molar-refractivity contribution in [1.29, 1.82) is 0 Å². The molecule has 1 aromatic heterocycles. The molecule has 0 aliphatic carbocycles. The fourth-order valence-corrected chi connectivity index (χ4v) is 3.56. The zero-order valence-electron chi connectivity index (χ0n) is 18.8. The number of benzene rings is 2. The lowest BCUT2D eigenvalue weighted by Gasteiger charge is -2.10. The minimum atomic E-state index is -2.97. The van der Waals surface area contributed by atoms with Gasteiger partial charge in [0, 0.05) is 23.2 Å². The van der Waals surface area contributed by atoms with Crippen LogP contribution in [0.5, 0.6) is 11.5 Å². The molecule has 3 rings (SSSR count). The Morgan fingerprint density at radius 1 is 1.09 bits per heavy atom. The van der Waals surface area contributed by atoms with E-state index in [1.54, 1.807) is 25.1 Å². The average molecular weight is 474 g/mol. The molecule has 0 radical (unpaired) electrons. The highest BCUT2D eigenvalue weighted by Gasteiger charge is 2.23. The first-order valence-corrected chi connectivity index (χ1v) is 10.4. The number of halogens is 2. The predicted octanol–water partition coefficient (Wildman–Crippen LogP) is 3.63. The molecule has 0 bridgehead atoms. The molecule has 1 amide bonds. The van der Waals surface area contributed by atoms with Gasteiger partial charge in [-0.15, -0.1) is 0 Å². The first kappa shape index (κ1) is 24.7. The molecule has 0 fully saturated rings. The molecule has 1 atom stereocenters. The summed E-state index contributed by atoms with van der Waals surface area (Å²) in [6.45, 7) is 0.183. The highest BCUT2D eigenvalue weighted by molar-refractivity contribution is 6.05. The second kappa shape index (κ2) is 10.3. The van der Waals surface area contributed by atoms with Crippen LogP contribution >= 0.6 is 0 Å². The summed E-state index contributed by atoms with van der Waals surface area (Å²) in [4.78, 5) is 36.9. The van der Waals surface area contributed by atoms with Gasteiger partial charge in [-0.1, -0.05) is 6.92 Å². The highest BCUT2D eigenvalue weighted by Crippen LogP contribution is 2.31. The summed E-state index contributed by atoms with van der Waals surface area (Å²) < 4.78 is 35.9. The number of fused-ring (bicyclic) bond motifs is 1. The first-order chi connectivity index (χ1) is 16.1. The van der Waals surface area contributed by atoms with E-state index in [9.17, 15) is 23.2 Å². The highest BCUT2D eigenvalue weighted by atomic mass is 19.3. The Balaban J connectivity index is 1.97. The van der Waals surface area contributed by atoms with Crippen molar-refractivity contribution in [1.82, 2.24) is 9.88 Å². The number of aromatic nitrogens is 1. The number of hydrogen-bond donors (Lipinski definition) is 2. The van der Waals surface area contributed by atoms with Crippen molar-refractivity contribution in [3.8, 4) is 11.5 Å². The zero-order valence-corrected chi connectivity index (χ0v) is 18.8. The minimum absolute atomic E-state index is 0.0266. The van der Waals surface area contributed by atoms with Crippen LogP contribution in [0.3, 0.4) is 0 Å². The molecule has 1 heterocycles. The van der Waals surface area contributed by atoms with E-state index < -0.39 is 24.4 Å². The molecule has 3 aromatic rings. The van der Waals surface area contributed by atoms with Gasteiger partial charge in [-0.25, -0.2) is 0 Å². The lowest BCUT2D eigenvalue weighted by Crippen LogP contribution is -2.32. The van der Waals surface area contributed by atoms with Crippen LogP contribution in [-0.2, 0) is 16.0 Å². The van der Waals surface area contributed by atoms with E-state index in [2.05, 4.69) is 10.1 Å². The number of ether oxygens (including phenoxy) is 2. The Bertz CT molecular complexity index is 1220.